The zero-order valence-electron chi connectivity index (χ0n) is 20.5. The molecule has 1 saturated carbocycles. The molecule has 1 aliphatic carbocycles. The highest BCUT2D eigenvalue weighted by Crippen LogP contribution is 2.34. The van der Waals surface area contributed by atoms with Gasteiger partial charge in [-0.05, 0) is 50.2 Å². The normalized spacial score (nSPS) is 16.5. The lowest BCUT2D eigenvalue weighted by molar-refractivity contribution is -0.117. The monoisotopic (exact) mass is 493 g/mol. The number of fused-ring (bicyclic) bond motifs is 2. The average Bonchev–Trinajstić information content (AvgIpc) is 3.55. The van der Waals surface area contributed by atoms with Gasteiger partial charge in [0.2, 0.25) is 5.91 Å². The molecule has 10 heteroatoms. The predicted molar refractivity (Wildman–Crippen MR) is 143 cm³/mol. The maximum Gasteiger partial charge on any atom is 0.227 e. The standard InChI is InChI=1S/C27H27N9O/c1-35-8-10-36(11-9-35)23-6-7-29-26-19(23)13-22(32-26)25-24-21(33-34-25)5-4-20(31-24)17-12-18(15-28-14-17)30-27(37)16-2-3-16/h4-7,12-16H,2-3,8-11H2,1H3,(H,29,32)(H,30,37)(H,33,34). The van der Waals surface area contributed by atoms with Crippen molar-refractivity contribution in [3.8, 4) is 22.6 Å². The van der Waals surface area contributed by atoms with E-state index in [1.165, 1.54) is 5.69 Å². The molecular weight excluding hydrogens is 466 g/mol. The minimum absolute atomic E-state index is 0.0582. The Morgan fingerprint density at radius 1 is 1.08 bits per heavy atom. The van der Waals surface area contributed by atoms with Gasteiger partial charge in [-0.25, -0.2) is 9.97 Å². The number of aromatic amines is 2. The number of aromatic nitrogens is 6. The molecule has 2 fully saturated rings. The van der Waals surface area contributed by atoms with Crippen LogP contribution in [0, 0.1) is 5.92 Å². The van der Waals surface area contributed by atoms with Crippen LogP contribution in [0.4, 0.5) is 11.4 Å². The summed E-state index contributed by atoms with van der Waals surface area (Å²) >= 11 is 0. The van der Waals surface area contributed by atoms with E-state index in [-0.39, 0.29) is 11.8 Å². The predicted octanol–water partition coefficient (Wildman–Crippen LogP) is 3.66. The van der Waals surface area contributed by atoms with E-state index in [1.807, 2.05) is 24.4 Å². The van der Waals surface area contributed by atoms with Crippen LogP contribution in [0.5, 0.6) is 0 Å². The molecule has 1 amide bonds. The lowest BCUT2D eigenvalue weighted by Crippen LogP contribution is -2.44. The van der Waals surface area contributed by atoms with Crippen molar-refractivity contribution in [2.75, 3.05) is 43.4 Å². The Bertz CT molecular complexity index is 1630. The smallest absolute Gasteiger partial charge is 0.227 e. The Kier molecular flexibility index (Phi) is 5.14. The van der Waals surface area contributed by atoms with Gasteiger partial charge in [0.05, 0.1) is 28.8 Å². The van der Waals surface area contributed by atoms with Crippen molar-refractivity contribution >= 4 is 39.3 Å². The summed E-state index contributed by atoms with van der Waals surface area (Å²) in [6.45, 7) is 4.05. The number of anilines is 2. The lowest BCUT2D eigenvalue weighted by Gasteiger charge is -2.34. The van der Waals surface area contributed by atoms with Crippen molar-refractivity contribution in [2.24, 2.45) is 5.92 Å². The molecule has 0 spiro atoms. The Morgan fingerprint density at radius 3 is 2.78 bits per heavy atom. The van der Waals surface area contributed by atoms with Gasteiger partial charge in [0.25, 0.3) is 0 Å². The molecule has 10 nitrogen and oxygen atoms in total. The fourth-order valence-corrected chi connectivity index (χ4v) is 4.95. The Hall–Kier alpha value is -4.31. The van der Waals surface area contributed by atoms with E-state index in [1.54, 1.807) is 12.4 Å². The molecule has 2 aliphatic rings. The summed E-state index contributed by atoms with van der Waals surface area (Å²) in [6, 6.07) is 10.0. The maximum atomic E-state index is 12.2. The Balaban J connectivity index is 1.24. The van der Waals surface area contributed by atoms with Crippen molar-refractivity contribution < 1.29 is 4.79 Å². The van der Waals surface area contributed by atoms with E-state index in [4.69, 9.17) is 4.98 Å². The van der Waals surface area contributed by atoms with Crippen molar-refractivity contribution in [3.05, 3.63) is 48.9 Å². The molecule has 3 N–H and O–H groups in total. The third kappa shape index (κ3) is 4.09. The molecule has 0 radical (unpaired) electrons. The summed E-state index contributed by atoms with van der Waals surface area (Å²) in [4.78, 5) is 34.3. The van der Waals surface area contributed by atoms with Gasteiger partial charge < -0.3 is 20.1 Å². The van der Waals surface area contributed by atoms with Gasteiger partial charge in [-0.2, -0.15) is 5.10 Å². The highest BCUT2D eigenvalue weighted by molar-refractivity contribution is 5.98. The molecule has 5 aromatic rings. The number of rotatable bonds is 5. The Morgan fingerprint density at radius 2 is 1.95 bits per heavy atom. The van der Waals surface area contributed by atoms with Gasteiger partial charge in [-0.1, -0.05) is 0 Å². The summed E-state index contributed by atoms with van der Waals surface area (Å²) in [6.07, 6.45) is 7.20. The van der Waals surface area contributed by atoms with Crippen LogP contribution < -0.4 is 10.2 Å². The number of nitrogens with zero attached hydrogens (tertiary/aromatic N) is 6. The summed E-state index contributed by atoms with van der Waals surface area (Å²) in [5, 5.41) is 11.7. The average molecular weight is 494 g/mol. The number of hydrogen-bond acceptors (Lipinski definition) is 7. The van der Waals surface area contributed by atoms with E-state index in [0.717, 1.165) is 83.7 Å². The molecule has 7 rings (SSSR count). The van der Waals surface area contributed by atoms with E-state index in [0.29, 0.717) is 5.69 Å². The van der Waals surface area contributed by atoms with E-state index in [9.17, 15) is 4.79 Å². The second-order valence-electron chi connectivity index (χ2n) is 9.96. The largest absolute Gasteiger partial charge is 0.368 e. The van der Waals surface area contributed by atoms with Gasteiger partial charge in [-0.15, -0.1) is 0 Å². The number of amides is 1. The minimum Gasteiger partial charge on any atom is -0.368 e. The van der Waals surface area contributed by atoms with Crippen LogP contribution in [-0.4, -0.2) is 74.2 Å². The van der Waals surface area contributed by atoms with Crippen LogP contribution in [0.1, 0.15) is 12.8 Å². The van der Waals surface area contributed by atoms with Crippen molar-refractivity contribution in [3.63, 3.8) is 0 Å². The van der Waals surface area contributed by atoms with Gasteiger partial charge in [0.1, 0.15) is 16.9 Å². The number of likely N-dealkylation sites (N-methyl/N-ethyl adjacent to an activating group) is 1. The molecule has 0 atom stereocenters. The second-order valence-corrected chi connectivity index (χ2v) is 9.96. The number of H-pyrrole nitrogens is 2. The number of nitrogens with one attached hydrogen (secondary N) is 3. The number of pyridine rings is 3. The molecular formula is C27H27N9O. The molecule has 37 heavy (non-hydrogen) atoms. The highest BCUT2D eigenvalue weighted by Gasteiger charge is 2.29. The van der Waals surface area contributed by atoms with E-state index >= 15 is 0 Å². The first-order chi connectivity index (χ1) is 18.1. The summed E-state index contributed by atoms with van der Waals surface area (Å²) in [5.74, 6) is 0.192. The number of carbonyl (C=O) groups excluding carboxylic acids is 1. The highest BCUT2D eigenvalue weighted by atomic mass is 16.2. The molecule has 186 valence electrons. The van der Waals surface area contributed by atoms with Crippen molar-refractivity contribution in [2.45, 2.75) is 12.8 Å². The Labute approximate surface area is 213 Å². The molecule has 5 aromatic heterocycles. The summed E-state index contributed by atoms with van der Waals surface area (Å²) in [5.41, 5.74) is 7.51. The zero-order chi connectivity index (χ0) is 24.9. The third-order valence-corrected chi connectivity index (χ3v) is 7.27. The van der Waals surface area contributed by atoms with Crippen LogP contribution in [0.3, 0.4) is 0 Å². The number of hydrogen-bond donors (Lipinski definition) is 3. The van der Waals surface area contributed by atoms with Crippen LogP contribution in [-0.2, 0) is 4.79 Å². The summed E-state index contributed by atoms with van der Waals surface area (Å²) in [7, 11) is 2.16. The number of piperazine rings is 1. The van der Waals surface area contributed by atoms with Crippen molar-refractivity contribution in [1.82, 2.24) is 35.0 Å². The molecule has 1 aliphatic heterocycles. The van der Waals surface area contributed by atoms with Gasteiger partial charge in [0, 0.05) is 61.1 Å². The fourth-order valence-electron chi connectivity index (χ4n) is 4.95. The summed E-state index contributed by atoms with van der Waals surface area (Å²) < 4.78 is 0. The van der Waals surface area contributed by atoms with Gasteiger partial charge in [0.15, 0.2) is 0 Å². The quantitative estimate of drug-likeness (QED) is 0.342. The SMILES string of the molecule is CN1CCN(c2ccnc3[nH]c(-c4n[nH]c5ccc(-c6cncc(NC(=O)C7CC7)c6)nc45)cc23)CC1. The van der Waals surface area contributed by atoms with Crippen molar-refractivity contribution in [1.29, 1.82) is 0 Å². The molecule has 1 saturated heterocycles. The number of carbonyl (C=O) groups is 1. The lowest BCUT2D eigenvalue weighted by atomic mass is 10.1. The first-order valence-electron chi connectivity index (χ1n) is 12.7. The van der Waals surface area contributed by atoms with Crippen LogP contribution in [0.15, 0.2) is 48.9 Å². The first-order valence-corrected chi connectivity index (χ1v) is 12.7. The van der Waals surface area contributed by atoms with E-state index < -0.39 is 0 Å². The fraction of sp³-hybridized carbons (Fsp3) is 0.296. The second kappa shape index (κ2) is 8.67. The van der Waals surface area contributed by atoms with Crippen LogP contribution in [0.25, 0.3) is 44.7 Å². The molecule has 0 aromatic carbocycles. The topological polar surface area (TPSA) is 119 Å². The van der Waals surface area contributed by atoms with Gasteiger partial charge in [-0.3, -0.25) is 14.9 Å². The van der Waals surface area contributed by atoms with Crippen LogP contribution in [0.2, 0.25) is 0 Å². The van der Waals surface area contributed by atoms with Gasteiger partial charge >= 0.3 is 0 Å². The first kappa shape index (κ1) is 21.9. The zero-order valence-corrected chi connectivity index (χ0v) is 20.5. The third-order valence-electron chi connectivity index (χ3n) is 7.27. The van der Waals surface area contributed by atoms with Crippen LogP contribution >= 0.6 is 0 Å². The minimum atomic E-state index is 0.0582. The molecule has 6 heterocycles. The maximum absolute atomic E-state index is 12.2. The molecule has 0 bridgehead atoms. The van der Waals surface area contributed by atoms with E-state index in [2.05, 4.69) is 59.4 Å². The molecule has 0 unspecified atom stereocenters.